The summed E-state index contributed by atoms with van der Waals surface area (Å²) in [5, 5.41) is 0.0569. The lowest BCUT2D eigenvalue weighted by atomic mass is 9.92. The molecule has 2 aromatic rings. The summed E-state index contributed by atoms with van der Waals surface area (Å²) in [5.41, 5.74) is 2.74. The minimum absolute atomic E-state index is 0.0569. The van der Waals surface area contributed by atoms with E-state index in [-0.39, 0.29) is 17.3 Å². The van der Waals surface area contributed by atoms with Crippen molar-refractivity contribution in [3.63, 3.8) is 0 Å². The van der Waals surface area contributed by atoms with Crippen LogP contribution in [0.2, 0.25) is 5.28 Å². The summed E-state index contributed by atoms with van der Waals surface area (Å²) in [5.74, 6) is 0.709. The van der Waals surface area contributed by atoms with Crippen LogP contribution in [-0.4, -0.2) is 21.6 Å². The molecule has 0 N–H and O–H groups in total. The number of hydrogen-bond donors (Lipinski definition) is 0. The van der Waals surface area contributed by atoms with Crippen molar-refractivity contribution >= 4 is 11.6 Å². The molecule has 0 bridgehead atoms. The molecule has 3 rings (SSSR count). The summed E-state index contributed by atoms with van der Waals surface area (Å²) in [6, 6.07) is 6.41. The molecule has 0 unspecified atom stereocenters. The van der Waals surface area contributed by atoms with Gasteiger partial charge in [0.2, 0.25) is 5.28 Å². The number of aromatic nitrogens is 3. The first-order valence-corrected chi connectivity index (χ1v) is 7.46. The summed E-state index contributed by atoms with van der Waals surface area (Å²) in [6.07, 6.45) is 4.72. The second-order valence-electron chi connectivity index (χ2n) is 4.84. The van der Waals surface area contributed by atoms with Crippen molar-refractivity contribution in [3.05, 3.63) is 34.6 Å². The SMILES string of the molecule is CCOc1nc(Cl)nc(Oc2ccc3c(c2)CCCC3)n1. The van der Waals surface area contributed by atoms with Gasteiger partial charge >= 0.3 is 12.0 Å². The zero-order chi connectivity index (χ0) is 14.7. The predicted octanol–water partition coefficient (Wildman–Crippen LogP) is 3.59. The molecule has 6 heteroatoms. The van der Waals surface area contributed by atoms with Crippen LogP contribution in [0.3, 0.4) is 0 Å². The minimum Gasteiger partial charge on any atom is -0.464 e. The molecule has 0 atom stereocenters. The third-order valence-electron chi connectivity index (χ3n) is 3.37. The largest absolute Gasteiger partial charge is 0.464 e. The van der Waals surface area contributed by atoms with Crippen LogP contribution in [0.4, 0.5) is 0 Å². The van der Waals surface area contributed by atoms with Gasteiger partial charge in [0.1, 0.15) is 5.75 Å². The normalized spacial score (nSPS) is 13.6. The van der Waals surface area contributed by atoms with Crippen molar-refractivity contribution in [2.45, 2.75) is 32.6 Å². The number of aryl methyl sites for hydroxylation is 2. The van der Waals surface area contributed by atoms with E-state index in [1.165, 1.54) is 24.0 Å². The van der Waals surface area contributed by atoms with Crippen LogP contribution in [0.1, 0.15) is 30.9 Å². The lowest BCUT2D eigenvalue weighted by molar-refractivity contribution is 0.303. The van der Waals surface area contributed by atoms with E-state index in [1.54, 1.807) is 0 Å². The van der Waals surface area contributed by atoms with Crippen molar-refractivity contribution in [1.82, 2.24) is 15.0 Å². The molecule has 0 radical (unpaired) electrons. The molecule has 0 saturated carbocycles. The summed E-state index contributed by atoms with van der Waals surface area (Å²) >= 11 is 5.85. The van der Waals surface area contributed by atoms with Gasteiger partial charge in [0.15, 0.2) is 0 Å². The molecule has 1 heterocycles. The second-order valence-corrected chi connectivity index (χ2v) is 5.18. The highest BCUT2D eigenvalue weighted by Crippen LogP contribution is 2.27. The molecule has 0 amide bonds. The van der Waals surface area contributed by atoms with E-state index in [1.807, 2.05) is 19.1 Å². The summed E-state index contributed by atoms with van der Waals surface area (Å²) < 4.78 is 10.9. The highest BCUT2D eigenvalue weighted by atomic mass is 35.5. The van der Waals surface area contributed by atoms with Gasteiger partial charge in [0.25, 0.3) is 0 Å². The maximum atomic E-state index is 5.85. The number of halogens is 1. The van der Waals surface area contributed by atoms with Crippen LogP contribution in [0.25, 0.3) is 0 Å². The van der Waals surface area contributed by atoms with E-state index in [4.69, 9.17) is 21.1 Å². The number of ether oxygens (including phenoxy) is 2. The van der Waals surface area contributed by atoms with E-state index < -0.39 is 0 Å². The van der Waals surface area contributed by atoms with Crippen LogP contribution >= 0.6 is 11.6 Å². The van der Waals surface area contributed by atoms with E-state index in [2.05, 4.69) is 21.0 Å². The van der Waals surface area contributed by atoms with E-state index in [9.17, 15) is 0 Å². The van der Waals surface area contributed by atoms with Gasteiger partial charge in [0, 0.05) is 0 Å². The fraction of sp³-hybridized carbons (Fsp3) is 0.400. The molecule has 110 valence electrons. The molecular weight excluding hydrogens is 290 g/mol. The maximum absolute atomic E-state index is 5.85. The second kappa shape index (κ2) is 6.26. The lowest BCUT2D eigenvalue weighted by Crippen LogP contribution is -2.04. The van der Waals surface area contributed by atoms with Gasteiger partial charge in [-0.3, -0.25) is 0 Å². The first-order chi connectivity index (χ1) is 10.2. The molecule has 1 aromatic carbocycles. The smallest absolute Gasteiger partial charge is 0.329 e. The van der Waals surface area contributed by atoms with Crippen molar-refractivity contribution in [3.8, 4) is 17.8 Å². The molecule has 0 aliphatic heterocycles. The average Bonchev–Trinajstić information content (AvgIpc) is 2.47. The predicted molar refractivity (Wildman–Crippen MR) is 79.2 cm³/mol. The number of rotatable bonds is 4. The molecule has 0 spiro atoms. The Balaban J connectivity index is 1.83. The Kier molecular flexibility index (Phi) is 4.20. The monoisotopic (exact) mass is 305 g/mol. The summed E-state index contributed by atoms with van der Waals surface area (Å²) in [6.45, 7) is 2.31. The van der Waals surface area contributed by atoms with Gasteiger partial charge in [-0.15, -0.1) is 4.98 Å². The Morgan fingerprint density at radius 3 is 2.62 bits per heavy atom. The first-order valence-electron chi connectivity index (χ1n) is 7.08. The van der Waals surface area contributed by atoms with Gasteiger partial charge in [-0.25, -0.2) is 0 Å². The zero-order valence-corrected chi connectivity index (χ0v) is 12.6. The number of benzene rings is 1. The highest BCUT2D eigenvalue weighted by Gasteiger charge is 2.12. The molecule has 1 aliphatic carbocycles. The van der Waals surface area contributed by atoms with Crippen LogP contribution < -0.4 is 9.47 Å². The van der Waals surface area contributed by atoms with Crippen molar-refractivity contribution in [2.75, 3.05) is 6.61 Å². The van der Waals surface area contributed by atoms with E-state index in [0.29, 0.717) is 12.4 Å². The first kappa shape index (κ1) is 14.1. The molecule has 0 saturated heterocycles. The van der Waals surface area contributed by atoms with Crippen LogP contribution in [-0.2, 0) is 12.8 Å². The maximum Gasteiger partial charge on any atom is 0.329 e. The molecule has 0 fully saturated rings. The van der Waals surface area contributed by atoms with E-state index in [0.717, 1.165) is 12.8 Å². The van der Waals surface area contributed by atoms with Crippen LogP contribution in [0, 0.1) is 0 Å². The lowest BCUT2D eigenvalue weighted by Gasteiger charge is -2.16. The Hall–Kier alpha value is -1.88. The molecule has 5 nitrogen and oxygen atoms in total. The van der Waals surface area contributed by atoms with Gasteiger partial charge in [-0.05, 0) is 67.5 Å². The van der Waals surface area contributed by atoms with Gasteiger partial charge in [-0.1, -0.05) is 6.07 Å². The third kappa shape index (κ3) is 3.42. The van der Waals surface area contributed by atoms with Gasteiger partial charge < -0.3 is 9.47 Å². The zero-order valence-electron chi connectivity index (χ0n) is 11.8. The minimum atomic E-state index is 0.0569. The van der Waals surface area contributed by atoms with Crippen LogP contribution in [0.5, 0.6) is 17.8 Å². The fourth-order valence-electron chi connectivity index (χ4n) is 2.43. The molecule has 21 heavy (non-hydrogen) atoms. The number of fused-ring (bicyclic) bond motifs is 1. The molecular formula is C15H16ClN3O2. The van der Waals surface area contributed by atoms with Gasteiger partial charge in [-0.2, -0.15) is 9.97 Å². The molecule has 1 aromatic heterocycles. The topological polar surface area (TPSA) is 57.1 Å². The Bertz CT molecular complexity index is 649. The number of nitrogens with zero attached hydrogens (tertiary/aromatic N) is 3. The molecule has 1 aliphatic rings. The standard InChI is InChI=1S/C15H16ClN3O2/c1-2-20-14-17-13(16)18-15(19-14)21-12-8-7-10-5-3-4-6-11(10)9-12/h7-9H,2-6H2,1H3. The van der Waals surface area contributed by atoms with Crippen molar-refractivity contribution in [2.24, 2.45) is 0 Å². The van der Waals surface area contributed by atoms with E-state index >= 15 is 0 Å². The summed E-state index contributed by atoms with van der Waals surface area (Å²) in [7, 11) is 0. The summed E-state index contributed by atoms with van der Waals surface area (Å²) in [4.78, 5) is 11.9. The highest BCUT2D eigenvalue weighted by molar-refractivity contribution is 6.28. The Morgan fingerprint density at radius 1 is 1.05 bits per heavy atom. The van der Waals surface area contributed by atoms with Crippen LogP contribution in [0.15, 0.2) is 18.2 Å². The quantitative estimate of drug-likeness (QED) is 0.864. The Morgan fingerprint density at radius 2 is 1.81 bits per heavy atom. The average molecular weight is 306 g/mol. The van der Waals surface area contributed by atoms with Crippen molar-refractivity contribution in [1.29, 1.82) is 0 Å². The third-order valence-corrected chi connectivity index (χ3v) is 3.54. The Labute approximate surface area is 128 Å². The van der Waals surface area contributed by atoms with Crippen molar-refractivity contribution < 1.29 is 9.47 Å². The fourth-order valence-corrected chi connectivity index (χ4v) is 2.58. The van der Waals surface area contributed by atoms with Gasteiger partial charge in [0.05, 0.1) is 6.61 Å². The number of hydrogen-bond acceptors (Lipinski definition) is 5.